The largest absolute Gasteiger partial charge is 0.360 e. The van der Waals surface area contributed by atoms with E-state index in [1.54, 1.807) is 17.5 Å². The molecule has 0 saturated carbocycles. The first-order chi connectivity index (χ1) is 8.12. The van der Waals surface area contributed by atoms with E-state index in [-0.39, 0.29) is 10.8 Å². The summed E-state index contributed by atoms with van der Waals surface area (Å²) < 4.78 is 31.2. The molecule has 0 unspecified atom stereocenters. The molecule has 0 bridgehead atoms. The minimum Gasteiger partial charge on any atom is -0.360 e. The molecule has 2 aromatic rings. The maximum atomic E-state index is 11.9. The van der Waals surface area contributed by atoms with Crippen molar-refractivity contribution in [3.05, 3.63) is 35.0 Å². The number of thiophene rings is 1. The van der Waals surface area contributed by atoms with Crippen molar-refractivity contribution in [1.82, 2.24) is 9.88 Å². The third kappa shape index (κ3) is 2.91. The Kier molecular flexibility index (Phi) is 3.57. The summed E-state index contributed by atoms with van der Waals surface area (Å²) in [5.41, 5.74) is 6.23. The smallest absolute Gasteiger partial charge is 0.250 e. The predicted molar refractivity (Wildman–Crippen MR) is 62.7 cm³/mol. The van der Waals surface area contributed by atoms with Crippen LogP contribution >= 0.6 is 11.3 Å². The molecule has 0 atom stereocenters. The first-order valence-electron chi connectivity index (χ1n) is 4.78. The van der Waals surface area contributed by atoms with Crippen molar-refractivity contribution in [3.63, 3.8) is 0 Å². The molecule has 92 valence electrons. The standard InChI is InChI=1S/C9H11N3O3S2/c10-4-7-3-9(16-6-7)17(13,14)12-5-8-1-2-11-15-8/h1-3,6,12H,4-5,10H2. The van der Waals surface area contributed by atoms with Gasteiger partial charge in [0.05, 0.1) is 12.7 Å². The van der Waals surface area contributed by atoms with Crippen molar-refractivity contribution in [2.45, 2.75) is 17.3 Å². The molecule has 0 fully saturated rings. The maximum absolute atomic E-state index is 11.9. The molecular weight excluding hydrogens is 262 g/mol. The summed E-state index contributed by atoms with van der Waals surface area (Å²) >= 11 is 1.14. The van der Waals surface area contributed by atoms with E-state index in [0.717, 1.165) is 16.9 Å². The van der Waals surface area contributed by atoms with E-state index in [0.29, 0.717) is 12.3 Å². The molecule has 0 radical (unpaired) electrons. The zero-order valence-electron chi connectivity index (χ0n) is 8.79. The van der Waals surface area contributed by atoms with E-state index in [9.17, 15) is 8.42 Å². The van der Waals surface area contributed by atoms with Crippen LogP contribution in [0.2, 0.25) is 0 Å². The quantitative estimate of drug-likeness (QED) is 0.834. The average Bonchev–Trinajstić information content (AvgIpc) is 2.98. The van der Waals surface area contributed by atoms with Crippen LogP contribution in [0, 0.1) is 0 Å². The molecule has 0 aliphatic carbocycles. The second-order valence-corrected chi connectivity index (χ2v) is 6.19. The minimum absolute atomic E-state index is 0.0815. The van der Waals surface area contributed by atoms with Crippen molar-refractivity contribution in [3.8, 4) is 0 Å². The van der Waals surface area contributed by atoms with E-state index in [4.69, 9.17) is 10.3 Å². The molecule has 3 N–H and O–H groups in total. The lowest BCUT2D eigenvalue weighted by Crippen LogP contribution is -2.22. The van der Waals surface area contributed by atoms with Crippen LogP contribution < -0.4 is 10.5 Å². The van der Waals surface area contributed by atoms with Crippen LogP contribution in [0.3, 0.4) is 0 Å². The van der Waals surface area contributed by atoms with Gasteiger partial charge in [-0.1, -0.05) is 5.16 Å². The third-order valence-electron chi connectivity index (χ3n) is 2.06. The van der Waals surface area contributed by atoms with Gasteiger partial charge in [-0.05, 0) is 17.0 Å². The van der Waals surface area contributed by atoms with Crippen LogP contribution in [0.4, 0.5) is 0 Å². The molecule has 0 amide bonds. The number of hydrogen-bond acceptors (Lipinski definition) is 6. The van der Waals surface area contributed by atoms with Gasteiger partial charge in [0.15, 0.2) is 5.76 Å². The minimum atomic E-state index is -3.50. The molecule has 6 nitrogen and oxygen atoms in total. The summed E-state index contributed by atoms with van der Waals surface area (Å²) in [6, 6.07) is 3.16. The molecule has 8 heteroatoms. The summed E-state index contributed by atoms with van der Waals surface area (Å²) in [6.45, 7) is 0.409. The van der Waals surface area contributed by atoms with Crippen LogP contribution in [-0.4, -0.2) is 13.6 Å². The second-order valence-electron chi connectivity index (χ2n) is 3.28. The molecule has 0 aromatic carbocycles. The summed E-state index contributed by atoms with van der Waals surface area (Å²) in [7, 11) is -3.50. The Hall–Kier alpha value is -1.22. The summed E-state index contributed by atoms with van der Waals surface area (Å²) in [5, 5.41) is 5.21. The van der Waals surface area contributed by atoms with Crippen LogP contribution in [0.5, 0.6) is 0 Å². The van der Waals surface area contributed by atoms with Crippen molar-refractivity contribution >= 4 is 21.4 Å². The Morgan fingerprint density at radius 1 is 1.53 bits per heavy atom. The number of nitrogens with two attached hydrogens (primary N) is 1. The highest BCUT2D eigenvalue weighted by Gasteiger charge is 2.16. The van der Waals surface area contributed by atoms with Crippen molar-refractivity contribution in [1.29, 1.82) is 0 Å². The highest BCUT2D eigenvalue weighted by atomic mass is 32.2. The fraction of sp³-hybridized carbons (Fsp3) is 0.222. The molecule has 0 saturated heterocycles. The fourth-order valence-corrected chi connectivity index (χ4v) is 3.43. The van der Waals surface area contributed by atoms with Crippen LogP contribution in [-0.2, 0) is 23.1 Å². The highest BCUT2D eigenvalue weighted by Crippen LogP contribution is 2.19. The van der Waals surface area contributed by atoms with E-state index in [1.165, 1.54) is 6.20 Å². The SMILES string of the molecule is NCc1csc(S(=O)(=O)NCc2ccno2)c1. The molecule has 0 spiro atoms. The normalized spacial score (nSPS) is 11.8. The van der Waals surface area contributed by atoms with Gasteiger partial charge in [-0.15, -0.1) is 11.3 Å². The fourth-order valence-electron chi connectivity index (χ4n) is 1.17. The van der Waals surface area contributed by atoms with Gasteiger partial charge in [0.2, 0.25) is 10.0 Å². The van der Waals surface area contributed by atoms with Crippen molar-refractivity contribution in [2.24, 2.45) is 5.73 Å². The number of sulfonamides is 1. The van der Waals surface area contributed by atoms with Crippen LogP contribution in [0.25, 0.3) is 0 Å². The van der Waals surface area contributed by atoms with Gasteiger partial charge in [0, 0.05) is 12.6 Å². The molecule has 0 aliphatic rings. The third-order valence-corrected chi connectivity index (χ3v) is 4.95. The average molecular weight is 273 g/mol. The monoisotopic (exact) mass is 273 g/mol. The first-order valence-corrected chi connectivity index (χ1v) is 7.15. The van der Waals surface area contributed by atoms with E-state index in [1.807, 2.05) is 0 Å². The lowest BCUT2D eigenvalue weighted by Gasteiger charge is -2.01. The molecule has 2 rings (SSSR count). The van der Waals surface area contributed by atoms with Gasteiger partial charge < -0.3 is 10.3 Å². The van der Waals surface area contributed by atoms with Gasteiger partial charge in [-0.25, -0.2) is 13.1 Å². The topological polar surface area (TPSA) is 98.2 Å². The Balaban J connectivity index is 2.08. The van der Waals surface area contributed by atoms with Crippen LogP contribution in [0.15, 0.2) is 32.4 Å². The number of hydrogen-bond donors (Lipinski definition) is 2. The Labute approximate surface area is 102 Å². The predicted octanol–water partition coefficient (Wildman–Crippen LogP) is 0.673. The lowest BCUT2D eigenvalue weighted by atomic mass is 10.4. The van der Waals surface area contributed by atoms with Gasteiger partial charge in [-0.2, -0.15) is 0 Å². The second kappa shape index (κ2) is 4.96. The highest BCUT2D eigenvalue weighted by molar-refractivity contribution is 7.91. The summed E-state index contributed by atoms with van der Waals surface area (Å²) in [5.74, 6) is 0.462. The van der Waals surface area contributed by atoms with Crippen molar-refractivity contribution in [2.75, 3.05) is 0 Å². The van der Waals surface area contributed by atoms with Gasteiger partial charge in [0.25, 0.3) is 0 Å². The summed E-state index contributed by atoms with van der Waals surface area (Å²) in [4.78, 5) is 0. The molecule has 2 heterocycles. The number of nitrogens with zero attached hydrogens (tertiary/aromatic N) is 1. The Bertz CT molecular complexity index is 574. The molecular formula is C9H11N3O3S2. The number of rotatable bonds is 5. The van der Waals surface area contributed by atoms with E-state index in [2.05, 4.69) is 9.88 Å². The van der Waals surface area contributed by atoms with E-state index >= 15 is 0 Å². The van der Waals surface area contributed by atoms with E-state index < -0.39 is 10.0 Å². The van der Waals surface area contributed by atoms with Gasteiger partial charge >= 0.3 is 0 Å². The molecule has 0 aliphatic heterocycles. The maximum Gasteiger partial charge on any atom is 0.250 e. The lowest BCUT2D eigenvalue weighted by molar-refractivity contribution is 0.380. The first kappa shape index (κ1) is 12.2. The summed E-state index contributed by atoms with van der Waals surface area (Å²) in [6.07, 6.45) is 1.46. The van der Waals surface area contributed by atoms with Gasteiger partial charge in [-0.3, -0.25) is 0 Å². The van der Waals surface area contributed by atoms with Gasteiger partial charge in [0.1, 0.15) is 4.21 Å². The van der Waals surface area contributed by atoms with Crippen LogP contribution in [0.1, 0.15) is 11.3 Å². The Morgan fingerprint density at radius 2 is 2.35 bits per heavy atom. The molecule has 2 aromatic heterocycles. The number of aromatic nitrogens is 1. The molecule has 17 heavy (non-hydrogen) atoms. The number of nitrogens with one attached hydrogen (secondary N) is 1. The Morgan fingerprint density at radius 3 is 2.94 bits per heavy atom. The van der Waals surface area contributed by atoms with Crippen molar-refractivity contribution < 1.29 is 12.9 Å². The zero-order valence-corrected chi connectivity index (χ0v) is 10.4. The zero-order chi connectivity index (χ0) is 12.3.